The lowest BCUT2D eigenvalue weighted by molar-refractivity contribution is -0.169. The van der Waals surface area contributed by atoms with E-state index >= 15 is 0 Å². The van der Waals surface area contributed by atoms with Crippen molar-refractivity contribution in [1.82, 2.24) is 0 Å². The quantitative estimate of drug-likeness (QED) is 0.481. The maximum atomic E-state index is 11.2. The molecule has 0 aromatic rings. The first-order chi connectivity index (χ1) is 6.14. The Bertz CT molecular complexity index is 246. The monoisotopic (exact) mass is 184 g/mol. The van der Waals surface area contributed by atoms with Crippen molar-refractivity contribution >= 4 is 11.9 Å². The van der Waals surface area contributed by atoms with Crippen molar-refractivity contribution in [2.75, 3.05) is 6.61 Å². The number of rotatable bonds is 3. The van der Waals surface area contributed by atoms with Crippen LogP contribution in [0.5, 0.6) is 0 Å². The predicted octanol–water partition coefficient (Wildman–Crippen LogP) is 0.811. The summed E-state index contributed by atoms with van der Waals surface area (Å²) in [5.74, 6) is -1.04. The van der Waals surface area contributed by atoms with Crippen LogP contribution in [0.4, 0.5) is 0 Å². The lowest BCUT2D eigenvalue weighted by atomic mass is 9.99. The van der Waals surface area contributed by atoms with E-state index < -0.39 is 17.5 Å². The van der Waals surface area contributed by atoms with Gasteiger partial charge in [0.15, 0.2) is 0 Å². The van der Waals surface area contributed by atoms with Crippen LogP contribution >= 0.6 is 0 Å². The van der Waals surface area contributed by atoms with Gasteiger partial charge in [0, 0.05) is 12.5 Å². The maximum Gasteiger partial charge on any atom is 0.350 e. The molecular weight excluding hydrogens is 172 g/mol. The summed E-state index contributed by atoms with van der Waals surface area (Å²) in [5.41, 5.74) is -1.06. The van der Waals surface area contributed by atoms with Crippen molar-refractivity contribution in [3.05, 3.63) is 12.7 Å². The van der Waals surface area contributed by atoms with Gasteiger partial charge >= 0.3 is 11.9 Å². The fraction of sp³-hybridized carbons (Fsp3) is 0.556. The number of carbonyl (C=O) groups is 2. The Balaban J connectivity index is 2.75. The molecule has 1 rings (SSSR count). The molecule has 0 saturated carbocycles. The van der Waals surface area contributed by atoms with E-state index in [1.165, 1.54) is 0 Å². The molecule has 4 nitrogen and oxygen atoms in total. The summed E-state index contributed by atoms with van der Waals surface area (Å²) in [6, 6.07) is 0. The number of cyclic esters (lactones) is 1. The van der Waals surface area contributed by atoms with Gasteiger partial charge in [-0.2, -0.15) is 0 Å². The Hall–Kier alpha value is -1.32. The van der Waals surface area contributed by atoms with Gasteiger partial charge in [0.25, 0.3) is 0 Å². The Morgan fingerprint density at radius 1 is 1.85 bits per heavy atom. The van der Waals surface area contributed by atoms with E-state index in [9.17, 15) is 9.59 Å². The minimum atomic E-state index is -1.06. The van der Waals surface area contributed by atoms with Gasteiger partial charge in [0.05, 0.1) is 6.61 Å². The largest absolute Gasteiger partial charge is 0.463 e. The van der Waals surface area contributed by atoms with E-state index in [2.05, 4.69) is 6.58 Å². The highest BCUT2D eigenvalue weighted by molar-refractivity contribution is 5.88. The van der Waals surface area contributed by atoms with Crippen LogP contribution in [-0.4, -0.2) is 24.1 Å². The molecule has 0 radical (unpaired) electrons. The number of hydrogen-bond acceptors (Lipinski definition) is 4. The van der Waals surface area contributed by atoms with Gasteiger partial charge in [-0.15, -0.1) is 0 Å². The normalized spacial score (nSPS) is 26.7. The smallest absolute Gasteiger partial charge is 0.350 e. The highest BCUT2D eigenvalue weighted by atomic mass is 16.6. The molecule has 0 bridgehead atoms. The number of hydrogen-bond donors (Lipinski definition) is 0. The van der Waals surface area contributed by atoms with Crippen LogP contribution in [0.1, 0.15) is 19.8 Å². The van der Waals surface area contributed by atoms with E-state index in [-0.39, 0.29) is 0 Å². The van der Waals surface area contributed by atoms with Crippen molar-refractivity contribution in [3.63, 3.8) is 0 Å². The summed E-state index contributed by atoms with van der Waals surface area (Å²) in [7, 11) is 0. The Labute approximate surface area is 76.5 Å². The first kappa shape index (κ1) is 9.77. The molecule has 1 aliphatic rings. The summed E-state index contributed by atoms with van der Waals surface area (Å²) in [4.78, 5) is 22.2. The maximum absolute atomic E-state index is 11.2. The average molecular weight is 184 g/mol. The molecule has 1 saturated heterocycles. The topological polar surface area (TPSA) is 52.6 Å². The first-order valence-electron chi connectivity index (χ1n) is 4.17. The zero-order chi connectivity index (χ0) is 9.90. The third-order valence-electron chi connectivity index (χ3n) is 2.14. The fourth-order valence-corrected chi connectivity index (χ4v) is 1.26. The van der Waals surface area contributed by atoms with Gasteiger partial charge in [-0.1, -0.05) is 13.5 Å². The van der Waals surface area contributed by atoms with Crippen molar-refractivity contribution in [2.45, 2.75) is 25.4 Å². The van der Waals surface area contributed by atoms with Crippen LogP contribution < -0.4 is 0 Å². The molecular formula is C9H12O4. The van der Waals surface area contributed by atoms with Crippen LogP contribution in [0, 0.1) is 0 Å². The molecule has 0 aliphatic carbocycles. The minimum absolute atomic E-state index is 0.317. The highest BCUT2D eigenvalue weighted by Crippen LogP contribution is 2.28. The van der Waals surface area contributed by atoms with Gasteiger partial charge in [-0.05, 0) is 6.42 Å². The molecule has 0 aromatic carbocycles. The molecule has 0 aromatic heterocycles. The second-order valence-electron chi connectivity index (χ2n) is 2.86. The third kappa shape index (κ3) is 1.71. The molecule has 0 amide bonds. The average Bonchev–Trinajstić information content (AvgIpc) is 2.48. The number of carbonyl (C=O) groups excluding carboxylic acids is 2. The Morgan fingerprint density at radius 3 is 2.92 bits per heavy atom. The van der Waals surface area contributed by atoms with Gasteiger partial charge in [0.2, 0.25) is 5.60 Å². The number of esters is 2. The van der Waals surface area contributed by atoms with Crippen molar-refractivity contribution in [2.24, 2.45) is 0 Å². The second-order valence-corrected chi connectivity index (χ2v) is 2.86. The zero-order valence-electron chi connectivity index (χ0n) is 7.54. The van der Waals surface area contributed by atoms with E-state index in [0.29, 0.717) is 19.4 Å². The molecule has 1 heterocycles. The molecule has 72 valence electrons. The molecule has 1 atom stereocenters. The highest BCUT2D eigenvalue weighted by Gasteiger charge is 2.46. The summed E-state index contributed by atoms with van der Waals surface area (Å²) >= 11 is 0. The van der Waals surface area contributed by atoms with Crippen molar-refractivity contribution in [1.29, 1.82) is 0 Å². The van der Waals surface area contributed by atoms with Gasteiger partial charge in [-0.25, -0.2) is 9.59 Å². The number of ether oxygens (including phenoxy) is 2. The molecule has 1 fully saturated rings. The van der Waals surface area contributed by atoms with Crippen molar-refractivity contribution in [3.8, 4) is 0 Å². The minimum Gasteiger partial charge on any atom is -0.463 e. The van der Waals surface area contributed by atoms with Crippen LogP contribution in [0.25, 0.3) is 0 Å². The van der Waals surface area contributed by atoms with Crippen LogP contribution in [0.3, 0.4) is 0 Å². The Kier molecular flexibility index (Phi) is 2.70. The summed E-state index contributed by atoms with van der Waals surface area (Å²) in [5, 5.41) is 0. The lowest BCUT2D eigenvalue weighted by Crippen LogP contribution is -2.38. The van der Waals surface area contributed by atoms with Crippen LogP contribution in [0.2, 0.25) is 0 Å². The van der Waals surface area contributed by atoms with Gasteiger partial charge in [-0.3, -0.25) is 0 Å². The summed E-state index contributed by atoms with van der Waals surface area (Å²) < 4.78 is 9.73. The van der Waals surface area contributed by atoms with Gasteiger partial charge in [0.1, 0.15) is 0 Å². The molecule has 1 unspecified atom stereocenters. The van der Waals surface area contributed by atoms with E-state index in [1.807, 2.05) is 0 Å². The lowest BCUT2D eigenvalue weighted by Gasteiger charge is -2.21. The molecule has 0 N–H and O–H groups in total. The molecule has 0 spiro atoms. The SMILES string of the molecule is C=CC(=O)OC1(CC)CCOC1=O. The Morgan fingerprint density at radius 2 is 2.54 bits per heavy atom. The predicted molar refractivity (Wildman–Crippen MR) is 44.9 cm³/mol. The third-order valence-corrected chi connectivity index (χ3v) is 2.14. The fourth-order valence-electron chi connectivity index (χ4n) is 1.26. The summed E-state index contributed by atoms with van der Waals surface area (Å²) in [6.45, 7) is 5.36. The first-order valence-corrected chi connectivity index (χ1v) is 4.17. The molecule has 13 heavy (non-hydrogen) atoms. The summed E-state index contributed by atoms with van der Waals surface area (Å²) in [6.07, 6.45) is 1.91. The van der Waals surface area contributed by atoms with Crippen molar-refractivity contribution < 1.29 is 19.1 Å². The van der Waals surface area contributed by atoms with E-state index in [0.717, 1.165) is 6.08 Å². The van der Waals surface area contributed by atoms with Crippen LogP contribution in [0.15, 0.2) is 12.7 Å². The van der Waals surface area contributed by atoms with Crippen LogP contribution in [-0.2, 0) is 19.1 Å². The molecule has 1 aliphatic heterocycles. The van der Waals surface area contributed by atoms with Gasteiger partial charge < -0.3 is 9.47 Å². The molecule has 4 heteroatoms. The van der Waals surface area contributed by atoms with E-state index in [1.54, 1.807) is 6.92 Å². The zero-order valence-corrected chi connectivity index (χ0v) is 7.54. The second kappa shape index (κ2) is 3.60. The van der Waals surface area contributed by atoms with E-state index in [4.69, 9.17) is 9.47 Å². The standard InChI is InChI=1S/C9H12O4/c1-3-7(10)13-9(4-2)5-6-12-8(9)11/h3H,1,4-6H2,2H3.